The lowest BCUT2D eigenvalue weighted by molar-refractivity contribution is -0.138. The van der Waals surface area contributed by atoms with Gasteiger partial charge < -0.3 is 15.5 Å². The Morgan fingerprint density at radius 1 is 1.16 bits per heavy atom. The van der Waals surface area contributed by atoms with Crippen LogP contribution < -0.4 is 10.6 Å². The number of likely N-dealkylation sites (tertiary alicyclic amines) is 1. The van der Waals surface area contributed by atoms with E-state index in [1.807, 2.05) is 27.7 Å². The summed E-state index contributed by atoms with van der Waals surface area (Å²) in [6.07, 6.45) is 0.973. The summed E-state index contributed by atoms with van der Waals surface area (Å²) in [5.74, 6) is -0.419. The van der Waals surface area contributed by atoms with E-state index in [-0.39, 0.29) is 29.6 Å². The lowest BCUT2D eigenvalue weighted by Gasteiger charge is -2.42. The Morgan fingerprint density at radius 3 is 2.32 bits per heavy atom. The molecule has 0 atom stereocenters. The quantitative estimate of drug-likeness (QED) is 0.859. The van der Waals surface area contributed by atoms with E-state index in [1.165, 1.54) is 12.1 Å². The Hall–Kier alpha value is -2.11. The summed E-state index contributed by atoms with van der Waals surface area (Å²) in [7, 11) is 0. The molecule has 1 aromatic carbocycles. The third-order valence-electron chi connectivity index (χ3n) is 4.49. The summed E-state index contributed by atoms with van der Waals surface area (Å²) >= 11 is 0. The molecule has 1 aliphatic rings. The van der Waals surface area contributed by atoms with Crippen molar-refractivity contribution in [3.05, 3.63) is 30.1 Å². The molecule has 0 bridgehead atoms. The molecular weight excluding hydrogens is 321 g/mol. The fourth-order valence-electron chi connectivity index (χ4n) is 3.13. The molecule has 2 N–H and O–H groups in total. The van der Waals surface area contributed by atoms with Gasteiger partial charge in [0, 0.05) is 30.7 Å². The molecule has 0 aromatic heterocycles. The Balaban J connectivity index is 2.20. The van der Waals surface area contributed by atoms with Crippen molar-refractivity contribution in [3.63, 3.8) is 0 Å². The zero-order valence-corrected chi connectivity index (χ0v) is 15.4. The van der Waals surface area contributed by atoms with Gasteiger partial charge in [-0.3, -0.25) is 9.59 Å². The van der Waals surface area contributed by atoms with Crippen LogP contribution in [0.15, 0.2) is 24.3 Å². The number of nitrogens with zero attached hydrogens (tertiary/aromatic N) is 1. The second-order valence-corrected chi connectivity index (χ2v) is 7.33. The van der Waals surface area contributed by atoms with Gasteiger partial charge in [0.05, 0.1) is 0 Å². The summed E-state index contributed by atoms with van der Waals surface area (Å²) in [6.45, 7) is 8.58. The van der Waals surface area contributed by atoms with E-state index in [2.05, 4.69) is 10.6 Å². The first-order valence-corrected chi connectivity index (χ1v) is 8.87. The number of piperidine rings is 1. The summed E-state index contributed by atoms with van der Waals surface area (Å²) in [5, 5.41) is 6.20. The summed E-state index contributed by atoms with van der Waals surface area (Å²) in [4.78, 5) is 26.9. The van der Waals surface area contributed by atoms with Gasteiger partial charge in [-0.2, -0.15) is 0 Å². The fraction of sp³-hybridized carbons (Fsp3) is 0.579. The highest BCUT2D eigenvalue weighted by atomic mass is 19.1. The molecule has 1 fully saturated rings. The minimum atomic E-state index is -0.841. The Kier molecular flexibility index (Phi) is 6.03. The van der Waals surface area contributed by atoms with Crippen molar-refractivity contribution in [2.75, 3.05) is 18.4 Å². The topological polar surface area (TPSA) is 61.4 Å². The number of rotatable bonds is 5. The second-order valence-electron chi connectivity index (χ2n) is 7.33. The molecule has 2 rings (SSSR count). The van der Waals surface area contributed by atoms with E-state index in [4.69, 9.17) is 0 Å². The van der Waals surface area contributed by atoms with Gasteiger partial charge in [-0.25, -0.2) is 4.39 Å². The smallest absolute Gasteiger partial charge is 0.246 e. The van der Waals surface area contributed by atoms with E-state index in [1.54, 1.807) is 17.0 Å². The van der Waals surface area contributed by atoms with E-state index < -0.39 is 5.54 Å². The van der Waals surface area contributed by atoms with Gasteiger partial charge in [0.15, 0.2) is 0 Å². The fourth-order valence-corrected chi connectivity index (χ4v) is 3.13. The average Bonchev–Trinajstić information content (AvgIpc) is 2.54. The normalized spacial score (nSPS) is 16.8. The number of amides is 2. The predicted molar refractivity (Wildman–Crippen MR) is 96.7 cm³/mol. The Morgan fingerprint density at radius 2 is 1.80 bits per heavy atom. The molecular formula is C19H28FN3O2. The molecule has 0 radical (unpaired) electrons. The third kappa shape index (κ3) is 4.71. The van der Waals surface area contributed by atoms with Crippen LogP contribution in [0.5, 0.6) is 0 Å². The van der Waals surface area contributed by atoms with Gasteiger partial charge in [-0.1, -0.05) is 19.9 Å². The van der Waals surface area contributed by atoms with Crippen molar-refractivity contribution in [2.24, 2.45) is 5.92 Å². The summed E-state index contributed by atoms with van der Waals surface area (Å²) < 4.78 is 13.5. The number of benzene rings is 1. The molecule has 25 heavy (non-hydrogen) atoms. The maximum Gasteiger partial charge on any atom is 0.246 e. The SMILES string of the molecule is CC(C)NC(=O)C1(Nc2cccc(F)c2)CCN(C(=O)C(C)C)CC1. The number of carbonyl (C=O) groups is 2. The number of hydrogen-bond donors (Lipinski definition) is 2. The van der Waals surface area contributed by atoms with Crippen LogP contribution in [0.4, 0.5) is 10.1 Å². The largest absolute Gasteiger partial charge is 0.371 e. The number of hydrogen-bond acceptors (Lipinski definition) is 3. The van der Waals surface area contributed by atoms with E-state index in [0.717, 1.165) is 0 Å². The molecule has 1 saturated heterocycles. The van der Waals surface area contributed by atoms with Crippen molar-refractivity contribution in [3.8, 4) is 0 Å². The number of nitrogens with one attached hydrogen (secondary N) is 2. The van der Waals surface area contributed by atoms with Gasteiger partial charge >= 0.3 is 0 Å². The van der Waals surface area contributed by atoms with Crippen molar-refractivity contribution in [1.29, 1.82) is 0 Å². The lowest BCUT2D eigenvalue weighted by atomic mass is 9.85. The highest BCUT2D eigenvalue weighted by Crippen LogP contribution is 2.29. The average molecular weight is 349 g/mol. The third-order valence-corrected chi connectivity index (χ3v) is 4.49. The maximum atomic E-state index is 13.5. The van der Waals surface area contributed by atoms with Gasteiger partial charge in [0.25, 0.3) is 0 Å². The molecule has 1 heterocycles. The first-order chi connectivity index (χ1) is 11.7. The van der Waals surface area contributed by atoms with E-state index in [0.29, 0.717) is 31.6 Å². The van der Waals surface area contributed by atoms with Gasteiger partial charge in [0.2, 0.25) is 11.8 Å². The van der Waals surface area contributed by atoms with Crippen LogP contribution in [0, 0.1) is 11.7 Å². The first kappa shape index (κ1) is 19.2. The highest BCUT2D eigenvalue weighted by molar-refractivity contribution is 5.90. The molecule has 0 spiro atoms. The van der Waals surface area contributed by atoms with E-state index in [9.17, 15) is 14.0 Å². The maximum absolute atomic E-state index is 13.5. The second kappa shape index (κ2) is 7.85. The van der Waals surface area contributed by atoms with E-state index >= 15 is 0 Å². The standard InChI is InChI=1S/C19H28FN3O2/c1-13(2)17(24)23-10-8-19(9-11-23,18(25)21-14(3)4)22-16-7-5-6-15(20)12-16/h5-7,12-14,22H,8-11H2,1-4H3,(H,21,25). The number of carbonyl (C=O) groups excluding carboxylic acids is 2. The van der Waals surface area contributed by atoms with Crippen LogP contribution in [-0.2, 0) is 9.59 Å². The lowest BCUT2D eigenvalue weighted by Crippen LogP contribution is -2.60. The molecule has 0 unspecified atom stereocenters. The summed E-state index contributed by atoms with van der Waals surface area (Å²) in [6, 6.07) is 6.13. The van der Waals surface area contributed by atoms with Crippen LogP contribution in [0.2, 0.25) is 0 Å². The zero-order valence-electron chi connectivity index (χ0n) is 15.4. The van der Waals surface area contributed by atoms with Crippen LogP contribution in [0.3, 0.4) is 0 Å². The highest BCUT2D eigenvalue weighted by Gasteiger charge is 2.42. The molecule has 0 aliphatic carbocycles. The molecule has 1 aromatic rings. The van der Waals surface area contributed by atoms with Crippen LogP contribution in [0.1, 0.15) is 40.5 Å². The molecule has 0 saturated carbocycles. The monoisotopic (exact) mass is 349 g/mol. The Labute approximate surface area is 149 Å². The molecule has 2 amide bonds. The number of halogens is 1. The molecule has 138 valence electrons. The zero-order chi connectivity index (χ0) is 18.6. The van der Waals surface area contributed by atoms with Gasteiger partial charge in [0.1, 0.15) is 11.4 Å². The van der Waals surface area contributed by atoms with Crippen molar-refractivity contribution in [1.82, 2.24) is 10.2 Å². The Bertz CT molecular complexity index is 623. The van der Waals surface area contributed by atoms with Gasteiger partial charge in [-0.15, -0.1) is 0 Å². The van der Waals surface area contributed by atoms with Crippen LogP contribution in [0.25, 0.3) is 0 Å². The first-order valence-electron chi connectivity index (χ1n) is 8.87. The predicted octanol–water partition coefficient (Wildman–Crippen LogP) is 2.78. The summed E-state index contributed by atoms with van der Waals surface area (Å²) in [5.41, 5.74) is -0.270. The van der Waals surface area contributed by atoms with Gasteiger partial charge in [-0.05, 0) is 44.9 Å². The van der Waals surface area contributed by atoms with Crippen LogP contribution in [-0.4, -0.2) is 41.4 Å². The van der Waals surface area contributed by atoms with Crippen molar-refractivity contribution in [2.45, 2.75) is 52.1 Å². The van der Waals surface area contributed by atoms with Crippen LogP contribution >= 0.6 is 0 Å². The number of anilines is 1. The minimum absolute atomic E-state index is 0.00834. The van der Waals surface area contributed by atoms with Crippen molar-refractivity contribution >= 4 is 17.5 Å². The van der Waals surface area contributed by atoms with Crippen molar-refractivity contribution < 1.29 is 14.0 Å². The molecule has 6 heteroatoms. The minimum Gasteiger partial charge on any atom is -0.371 e. The molecule has 5 nitrogen and oxygen atoms in total. The molecule has 1 aliphatic heterocycles.